The summed E-state index contributed by atoms with van der Waals surface area (Å²) in [5, 5.41) is 15.4. The van der Waals surface area contributed by atoms with Crippen molar-refractivity contribution in [1.82, 2.24) is 10.5 Å². The second-order valence-corrected chi connectivity index (χ2v) is 3.64. The molecule has 0 aliphatic rings. The van der Waals surface area contributed by atoms with Gasteiger partial charge in [-0.05, 0) is 0 Å². The number of methoxy groups -OCH3 is 3. The number of hydrogen-bond acceptors (Lipinski definition) is 7. The van der Waals surface area contributed by atoms with Gasteiger partial charge < -0.3 is 29.2 Å². The third kappa shape index (κ3) is 4.00. The van der Waals surface area contributed by atoms with Gasteiger partial charge in [-0.3, -0.25) is 4.79 Å². The number of ether oxygens (including phenoxy) is 3. The minimum atomic E-state index is -0.549. The van der Waals surface area contributed by atoms with E-state index in [1.807, 2.05) is 0 Å². The first-order chi connectivity index (χ1) is 9.17. The molecule has 1 amide bonds. The predicted octanol–water partition coefficient (Wildman–Crippen LogP) is -0.338. The van der Waals surface area contributed by atoms with Crippen LogP contribution in [0.4, 0.5) is 0 Å². The monoisotopic (exact) mass is 274 g/mol. The molecule has 0 saturated carbocycles. The molecule has 0 fully saturated rings. The predicted molar refractivity (Wildman–Crippen MR) is 63.3 cm³/mol. The smallest absolute Gasteiger partial charge is 0.274 e. The molecule has 0 atom stereocenters. The first-order valence-electron chi connectivity index (χ1n) is 5.58. The molecule has 8 nitrogen and oxygen atoms in total. The SMILES string of the molecule is COCc1onc(C(=O)NCC(OC)OC)c1CO. The molecule has 2 N–H and O–H groups in total. The molecule has 0 saturated heterocycles. The number of carbonyl (C=O) groups is 1. The maximum atomic E-state index is 11.9. The fraction of sp³-hybridized carbons (Fsp3) is 0.636. The highest BCUT2D eigenvalue weighted by atomic mass is 16.7. The van der Waals surface area contributed by atoms with Crippen LogP contribution in [0.15, 0.2) is 4.52 Å². The number of nitrogens with one attached hydrogen (secondary N) is 1. The van der Waals surface area contributed by atoms with Crippen LogP contribution in [0.1, 0.15) is 21.8 Å². The van der Waals surface area contributed by atoms with Gasteiger partial charge >= 0.3 is 0 Å². The van der Waals surface area contributed by atoms with E-state index >= 15 is 0 Å². The average Bonchev–Trinajstić information content (AvgIpc) is 2.83. The lowest BCUT2D eigenvalue weighted by Gasteiger charge is -2.13. The molecule has 0 spiro atoms. The number of nitrogens with zero attached hydrogens (tertiary/aromatic N) is 1. The molecule has 1 aromatic rings. The van der Waals surface area contributed by atoms with Gasteiger partial charge in [0, 0.05) is 21.3 Å². The van der Waals surface area contributed by atoms with Gasteiger partial charge in [0.05, 0.1) is 18.7 Å². The van der Waals surface area contributed by atoms with Crippen LogP contribution in [0, 0.1) is 0 Å². The van der Waals surface area contributed by atoms with Crippen LogP contribution in [0.5, 0.6) is 0 Å². The maximum Gasteiger partial charge on any atom is 0.274 e. The van der Waals surface area contributed by atoms with Crippen molar-refractivity contribution in [3.8, 4) is 0 Å². The lowest BCUT2D eigenvalue weighted by atomic mass is 10.2. The Morgan fingerprint density at radius 2 is 2.11 bits per heavy atom. The van der Waals surface area contributed by atoms with E-state index in [1.165, 1.54) is 21.3 Å². The molecule has 108 valence electrons. The molecular weight excluding hydrogens is 256 g/mol. The van der Waals surface area contributed by atoms with Crippen molar-refractivity contribution >= 4 is 5.91 Å². The van der Waals surface area contributed by atoms with Crippen molar-refractivity contribution in [3.05, 3.63) is 17.0 Å². The van der Waals surface area contributed by atoms with Crippen LogP contribution in [-0.2, 0) is 27.4 Å². The summed E-state index contributed by atoms with van der Waals surface area (Å²) in [4.78, 5) is 11.9. The third-order valence-corrected chi connectivity index (χ3v) is 2.47. The Morgan fingerprint density at radius 1 is 1.42 bits per heavy atom. The van der Waals surface area contributed by atoms with E-state index in [4.69, 9.17) is 18.7 Å². The van der Waals surface area contributed by atoms with E-state index in [0.717, 1.165) is 0 Å². The number of aromatic nitrogens is 1. The molecule has 0 radical (unpaired) electrons. The highest BCUT2D eigenvalue weighted by Gasteiger charge is 2.21. The van der Waals surface area contributed by atoms with Crippen molar-refractivity contribution in [2.75, 3.05) is 27.9 Å². The fourth-order valence-electron chi connectivity index (χ4n) is 1.45. The van der Waals surface area contributed by atoms with Crippen molar-refractivity contribution in [3.63, 3.8) is 0 Å². The number of hydrogen-bond donors (Lipinski definition) is 2. The Kier molecular flexibility index (Phi) is 6.43. The van der Waals surface area contributed by atoms with E-state index in [-0.39, 0.29) is 25.5 Å². The first kappa shape index (κ1) is 15.6. The maximum absolute atomic E-state index is 11.9. The molecule has 8 heteroatoms. The summed E-state index contributed by atoms with van der Waals surface area (Å²) < 4.78 is 19.7. The Bertz CT molecular complexity index is 402. The molecular formula is C11H18N2O6. The summed E-state index contributed by atoms with van der Waals surface area (Å²) in [5.74, 6) is -0.153. The highest BCUT2D eigenvalue weighted by Crippen LogP contribution is 2.15. The zero-order valence-corrected chi connectivity index (χ0v) is 11.1. The standard InChI is InChI=1S/C11H18N2O6/c1-16-6-8-7(5-14)10(13-19-8)11(15)12-4-9(17-2)18-3/h9,14H,4-6H2,1-3H3,(H,12,15). The van der Waals surface area contributed by atoms with Crippen molar-refractivity contribution < 1.29 is 28.6 Å². The molecule has 19 heavy (non-hydrogen) atoms. The van der Waals surface area contributed by atoms with Gasteiger partial charge in [-0.1, -0.05) is 5.16 Å². The summed E-state index contributed by atoms with van der Waals surface area (Å²) in [5.41, 5.74) is 0.339. The van der Waals surface area contributed by atoms with Gasteiger partial charge in [0.1, 0.15) is 6.61 Å². The van der Waals surface area contributed by atoms with Gasteiger partial charge in [0.2, 0.25) is 0 Å². The number of carbonyl (C=O) groups excluding carboxylic acids is 1. The molecule has 1 rings (SSSR count). The van der Waals surface area contributed by atoms with E-state index in [9.17, 15) is 9.90 Å². The van der Waals surface area contributed by atoms with Crippen molar-refractivity contribution in [2.24, 2.45) is 0 Å². The summed E-state index contributed by atoms with van der Waals surface area (Å²) >= 11 is 0. The van der Waals surface area contributed by atoms with Crippen LogP contribution in [-0.4, -0.2) is 50.3 Å². The summed E-state index contributed by atoms with van der Waals surface area (Å²) in [6.45, 7) is -0.0684. The van der Waals surface area contributed by atoms with E-state index < -0.39 is 12.2 Å². The van der Waals surface area contributed by atoms with Gasteiger partial charge in [-0.15, -0.1) is 0 Å². The second kappa shape index (κ2) is 7.85. The molecule has 1 heterocycles. The minimum Gasteiger partial charge on any atom is -0.391 e. The topological polar surface area (TPSA) is 103 Å². The zero-order chi connectivity index (χ0) is 14.3. The molecule has 1 aromatic heterocycles. The van der Waals surface area contributed by atoms with Crippen LogP contribution in [0.25, 0.3) is 0 Å². The largest absolute Gasteiger partial charge is 0.391 e. The van der Waals surface area contributed by atoms with E-state index in [0.29, 0.717) is 11.3 Å². The van der Waals surface area contributed by atoms with E-state index in [2.05, 4.69) is 10.5 Å². The highest BCUT2D eigenvalue weighted by molar-refractivity contribution is 5.93. The lowest BCUT2D eigenvalue weighted by Crippen LogP contribution is -2.34. The van der Waals surface area contributed by atoms with Crippen molar-refractivity contribution in [2.45, 2.75) is 19.5 Å². The minimum absolute atomic E-state index is 0.0282. The number of aliphatic hydroxyl groups is 1. The Hall–Kier alpha value is -1.48. The first-order valence-corrected chi connectivity index (χ1v) is 5.58. The number of amides is 1. The quantitative estimate of drug-likeness (QED) is 0.625. The van der Waals surface area contributed by atoms with Crippen molar-refractivity contribution in [1.29, 1.82) is 0 Å². The molecule has 0 aromatic carbocycles. The molecule has 0 bridgehead atoms. The zero-order valence-electron chi connectivity index (χ0n) is 11.1. The van der Waals surface area contributed by atoms with Crippen LogP contribution in [0.3, 0.4) is 0 Å². The summed E-state index contributed by atoms with van der Waals surface area (Å²) in [6, 6.07) is 0. The molecule has 0 unspecified atom stereocenters. The fourth-order valence-corrected chi connectivity index (χ4v) is 1.45. The summed E-state index contributed by atoms with van der Waals surface area (Å²) in [6.07, 6.45) is -0.549. The Balaban J connectivity index is 2.71. The Morgan fingerprint density at radius 3 is 2.63 bits per heavy atom. The normalized spacial score (nSPS) is 11.0. The lowest BCUT2D eigenvalue weighted by molar-refractivity contribution is -0.0974. The average molecular weight is 274 g/mol. The molecule has 0 aliphatic heterocycles. The van der Waals surface area contributed by atoms with Gasteiger partial charge in [-0.2, -0.15) is 0 Å². The van der Waals surface area contributed by atoms with Crippen LogP contribution >= 0.6 is 0 Å². The van der Waals surface area contributed by atoms with Gasteiger partial charge in [-0.25, -0.2) is 0 Å². The van der Waals surface area contributed by atoms with Gasteiger partial charge in [0.15, 0.2) is 17.7 Å². The van der Waals surface area contributed by atoms with Crippen LogP contribution < -0.4 is 5.32 Å². The van der Waals surface area contributed by atoms with E-state index in [1.54, 1.807) is 0 Å². The van der Waals surface area contributed by atoms with Crippen LogP contribution in [0.2, 0.25) is 0 Å². The number of aliphatic hydroxyl groups excluding tert-OH is 1. The third-order valence-electron chi connectivity index (χ3n) is 2.47. The number of rotatable bonds is 8. The molecule has 0 aliphatic carbocycles. The van der Waals surface area contributed by atoms with Gasteiger partial charge in [0.25, 0.3) is 5.91 Å². The second-order valence-electron chi connectivity index (χ2n) is 3.64. The Labute approximate surface area is 110 Å². The summed E-state index contributed by atoms with van der Waals surface area (Å²) in [7, 11) is 4.41.